The average molecular weight is 419 g/mol. The molecule has 0 bridgehead atoms. The Bertz CT molecular complexity index is 956. The lowest BCUT2D eigenvalue weighted by atomic mass is 10.1. The lowest BCUT2D eigenvalue weighted by Gasteiger charge is -2.31. The van der Waals surface area contributed by atoms with Gasteiger partial charge in [-0.1, -0.05) is 18.2 Å². The Balaban J connectivity index is 1.81. The molecule has 0 aliphatic carbocycles. The van der Waals surface area contributed by atoms with Gasteiger partial charge in [-0.2, -0.15) is 0 Å². The molecule has 0 amide bonds. The molecule has 150 valence electrons. The van der Waals surface area contributed by atoms with Crippen LogP contribution in [0.3, 0.4) is 0 Å². The van der Waals surface area contributed by atoms with Gasteiger partial charge in [-0.15, -0.1) is 0 Å². The summed E-state index contributed by atoms with van der Waals surface area (Å²) in [7, 11) is -1.38. The summed E-state index contributed by atoms with van der Waals surface area (Å²) in [6, 6.07) is 13.7. The number of rotatable bonds is 5. The van der Waals surface area contributed by atoms with Gasteiger partial charge in [-0.05, 0) is 73.4 Å². The van der Waals surface area contributed by atoms with Crippen molar-refractivity contribution >= 4 is 32.9 Å². The molecule has 1 saturated heterocycles. The Morgan fingerprint density at radius 2 is 1.89 bits per heavy atom. The number of methoxy groups -OCH3 is 1. The summed E-state index contributed by atoms with van der Waals surface area (Å²) in [5.74, 6) is 1.13. The molecule has 1 N–H and O–H groups in total. The van der Waals surface area contributed by atoms with Crippen molar-refractivity contribution in [2.24, 2.45) is 0 Å². The third kappa shape index (κ3) is 5.02. The number of aryl methyl sites for hydroxylation is 2. The van der Waals surface area contributed by atoms with Crippen molar-refractivity contribution in [1.82, 2.24) is 4.90 Å². The van der Waals surface area contributed by atoms with Gasteiger partial charge in [0.1, 0.15) is 5.75 Å². The standard InChI is InChI=1S/C21H26N2O3S2/c1-15-4-7-18(12-16(15)2)22-21(27)23(19-10-11-28(24,25)14-19)13-17-5-8-20(26-3)9-6-17/h4-9,12,19H,10-11,13-14H2,1-3H3,(H,22,27)/t19-/m1/s1. The minimum Gasteiger partial charge on any atom is -0.497 e. The molecule has 0 spiro atoms. The maximum absolute atomic E-state index is 12.0. The van der Waals surface area contributed by atoms with E-state index in [1.54, 1.807) is 7.11 Å². The molecule has 1 aliphatic rings. The third-order valence-corrected chi connectivity index (χ3v) is 7.27. The Morgan fingerprint density at radius 1 is 1.18 bits per heavy atom. The maximum atomic E-state index is 12.0. The van der Waals surface area contributed by atoms with Crippen molar-refractivity contribution in [3.05, 3.63) is 59.2 Å². The SMILES string of the molecule is COc1ccc(CN(C(=S)Nc2ccc(C)c(C)c2)[C@@H]2CCS(=O)(=O)C2)cc1. The van der Waals surface area contributed by atoms with Gasteiger partial charge in [0.25, 0.3) is 0 Å². The molecule has 2 aromatic rings. The van der Waals surface area contributed by atoms with Gasteiger partial charge in [-0.3, -0.25) is 0 Å². The van der Waals surface area contributed by atoms with Gasteiger partial charge in [0.15, 0.2) is 14.9 Å². The summed E-state index contributed by atoms with van der Waals surface area (Å²) in [6.07, 6.45) is 0.591. The van der Waals surface area contributed by atoms with E-state index in [4.69, 9.17) is 17.0 Å². The molecule has 28 heavy (non-hydrogen) atoms. The lowest BCUT2D eigenvalue weighted by molar-refractivity contribution is 0.332. The highest BCUT2D eigenvalue weighted by molar-refractivity contribution is 7.91. The predicted octanol–water partition coefficient (Wildman–Crippen LogP) is 3.70. The van der Waals surface area contributed by atoms with E-state index < -0.39 is 9.84 Å². The van der Waals surface area contributed by atoms with Crippen LogP contribution in [-0.2, 0) is 16.4 Å². The highest BCUT2D eigenvalue weighted by Gasteiger charge is 2.33. The number of thiocarbonyl (C=S) groups is 1. The topological polar surface area (TPSA) is 58.6 Å². The number of benzene rings is 2. The van der Waals surface area contributed by atoms with Crippen molar-refractivity contribution in [3.63, 3.8) is 0 Å². The number of anilines is 1. The second-order valence-electron chi connectivity index (χ2n) is 7.26. The fourth-order valence-corrected chi connectivity index (χ4v) is 5.39. The van der Waals surface area contributed by atoms with Crippen molar-refractivity contribution < 1.29 is 13.2 Å². The molecular weight excluding hydrogens is 392 g/mol. The van der Waals surface area contributed by atoms with Crippen molar-refractivity contribution in [3.8, 4) is 5.75 Å². The van der Waals surface area contributed by atoms with Crippen molar-refractivity contribution in [1.29, 1.82) is 0 Å². The number of nitrogens with one attached hydrogen (secondary N) is 1. The van der Waals surface area contributed by atoms with Gasteiger partial charge in [0.05, 0.1) is 18.6 Å². The van der Waals surface area contributed by atoms with Gasteiger partial charge in [-0.25, -0.2) is 8.42 Å². The molecule has 1 fully saturated rings. The molecule has 5 nitrogen and oxygen atoms in total. The number of hydrogen-bond acceptors (Lipinski definition) is 4. The number of ether oxygens (including phenoxy) is 1. The molecule has 3 rings (SSSR count). The molecule has 2 aromatic carbocycles. The summed E-state index contributed by atoms with van der Waals surface area (Å²) >= 11 is 5.69. The zero-order chi connectivity index (χ0) is 20.3. The molecule has 1 atom stereocenters. The minimum atomic E-state index is -3.01. The second-order valence-corrected chi connectivity index (χ2v) is 9.88. The summed E-state index contributed by atoms with van der Waals surface area (Å²) in [4.78, 5) is 2.00. The average Bonchev–Trinajstić information content (AvgIpc) is 3.02. The lowest BCUT2D eigenvalue weighted by Crippen LogP contribution is -2.43. The Kier molecular flexibility index (Phi) is 6.25. The van der Waals surface area contributed by atoms with E-state index >= 15 is 0 Å². The molecule has 1 heterocycles. The van der Waals surface area contributed by atoms with Crippen LogP contribution in [0.5, 0.6) is 5.75 Å². The Labute approximate surface area is 172 Å². The Morgan fingerprint density at radius 3 is 2.46 bits per heavy atom. The normalized spacial score (nSPS) is 17.9. The van der Waals surface area contributed by atoms with E-state index in [-0.39, 0.29) is 17.5 Å². The summed E-state index contributed by atoms with van der Waals surface area (Å²) in [6.45, 7) is 4.67. The molecule has 1 aliphatic heterocycles. The van der Waals surface area contributed by atoms with Crippen LogP contribution in [0.15, 0.2) is 42.5 Å². The van der Waals surface area contributed by atoms with Crippen LogP contribution in [-0.4, -0.2) is 43.1 Å². The van der Waals surface area contributed by atoms with E-state index in [1.807, 2.05) is 41.3 Å². The second kappa shape index (κ2) is 8.49. The van der Waals surface area contributed by atoms with E-state index in [2.05, 4.69) is 25.2 Å². The van der Waals surface area contributed by atoms with Gasteiger partial charge in [0, 0.05) is 18.3 Å². The molecule has 0 aromatic heterocycles. The summed E-state index contributed by atoms with van der Waals surface area (Å²) in [5.41, 5.74) is 4.36. The van der Waals surface area contributed by atoms with Gasteiger partial charge in [0.2, 0.25) is 0 Å². The number of hydrogen-bond donors (Lipinski definition) is 1. The highest BCUT2D eigenvalue weighted by Crippen LogP contribution is 2.23. The van der Waals surface area contributed by atoms with E-state index in [9.17, 15) is 8.42 Å². The molecule has 0 saturated carbocycles. The van der Waals surface area contributed by atoms with Crippen LogP contribution < -0.4 is 10.1 Å². The fraction of sp³-hybridized carbons (Fsp3) is 0.381. The van der Waals surface area contributed by atoms with Crippen molar-refractivity contribution in [2.75, 3.05) is 23.9 Å². The van der Waals surface area contributed by atoms with Crippen LogP contribution >= 0.6 is 12.2 Å². The van der Waals surface area contributed by atoms with Gasteiger partial charge >= 0.3 is 0 Å². The van der Waals surface area contributed by atoms with Crippen LogP contribution in [0.1, 0.15) is 23.1 Å². The van der Waals surface area contributed by atoms with Crippen LogP contribution in [0, 0.1) is 13.8 Å². The molecule has 0 unspecified atom stereocenters. The van der Waals surface area contributed by atoms with Crippen molar-refractivity contribution in [2.45, 2.75) is 32.9 Å². The van der Waals surface area contributed by atoms with E-state index in [0.717, 1.165) is 17.0 Å². The maximum Gasteiger partial charge on any atom is 0.174 e. The van der Waals surface area contributed by atoms with Crippen LogP contribution in [0.2, 0.25) is 0 Å². The number of sulfone groups is 1. The first-order valence-electron chi connectivity index (χ1n) is 9.25. The zero-order valence-electron chi connectivity index (χ0n) is 16.4. The first kappa shape index (κ1) is 20.6. The quantitative estimate of drug-likeness (QED) is 0.747. The highest BCUT2D eigenvalue weighted by atomic mass is 32.2. The molecule has 7 heteroatoms. The zero-order valence-corrected chi connectivity index (χ0v) is 18.1. The fourth-order valence-electron chi connectivity index (χ4n) is 3.33. The smallest absolute Gasteiger partial charge is 0.174 e. The first-order valence-corrected chi connectivity index (χ1v) is 11.5. The van der Waals surface area contributed by atoms with E-state index in [1.165, 1.54) is 11.1 Å². The monoisotopic (exact) mass is 418 g/mol. The van der Waals surface area contributed by atoms with E-state index in [0.29, 0.717) is 18.1 Å². The Hall–Kier alpha value is -2.12. The summed E-state index contributed by atoms with van der Waals surface area (Å²) < 4.78 is 29.3. The predicted molar refractivity (Wildman–Crippen MR) is 118 cm³/mol. The van der Waals surface area contributed by atoms with Crippen LogP contribution in [0.4, 0.5) is 5.69 Å². The van der Waals surface area contributed by atoms with Crippen LogP contribution in [0.25, 0.3) is 0 Å². The summed E-state index contributed by atoms with van der Waals surface area (Å²) in [5, 5.41) is 3.84. The first-order chi connectivity index (χ1) is 13.3. The third-order valence-electron chi connectivity index (χ3n) is 5.18. The van der Waals surface area contributed by atoms with Gasteiger partial charge < -0.3 is 15.0 Å². The molecular formula is C21H26N2O3S2. The largest absolute Gasteiger partial charge is 0.497 e. The molecule has 0 radical (unpaired) electrons. The minimum absolute atomic E-state index is 0.126. The number of nitrogens with zero attached hydrogens (tertiary/aromatic N) is 1.